The monoisotopic (exact) mass is 185 g/mol. The highest BCUT2D eigenvalue weighted by molar-refractivity contribution is 7.99. The zero-order valence-corrected chi connectivity index (χ0v) is 7.51. The molecule has 1 aromatic rings. The number of oxazole rings is 1. The number of aromatic nitrogens is 1. The molecule has 1 fully saturated rings. The molecule has 1 N–H and O–H groups in total. The second-order valence-corrected chi connectivity index (χ2v) is 4.23. The summed E-state index contributed by atoms with van der Waals surface area (Å²) in [5.41, 5.74) is -0.748. The van der Waals surface area contributed by atoms with Gasteiger partial charge in [0.25, 0.3) is 0 Å². The van der Waals surface area contributed by atoms with Gasteiger partial charge in [-0.15, -0.1) is 0 Å². The van der Waals surface area contributed by atoms with E-state index < -0.39 is 5.60 Å². The molecule has 0 spiro atoms. The van der Waals surface area contributed by atoms with Crippen LogP contribution < -0.4 is 0 Å². The molecule has 2 heterocycles. The van der Waals surface area contributed by atoms with Crippen molar-refractivity contribution in [3.8, 4) is 0 Å². The quantitative estimate of drug-likeness (QED) is 0.718. The molecule has 1 aliphatic heterocycles. The summed E-state index contributed by atoms with van der Waals surface area (Å²) in [7, 11) is 0. The van der Waals surface area contributed by atoms with Crippen LogP contribution in [0.1, 0.15) is 18.6 Å². The van der Waals surface area contributed by atoms with E-state index in [0.29, 0.717) is 5.76 Å². The van der Waals surface area contributed by atoms with Crippen LogP contribution in [-0.4, -0.2) is 21.6 Å². The molecule has 0 bridgehead atoms. The number of nitrogens with zero attached hydrogens (tertiary/aromatic N) is 1. The molecule has 0 aromatic carbocycles. The van der Waals surface area contributed by atoms with Crippen LogP contribution in [-0.2, 0) is 5.60 Å². The number of rotatable bonds is 1. The largest absolute Gasteiger partial charge is 0.445 e. The van der Waals surface area contributed by atoms with E-state index in [4.69, 9.17) is 4.42 Å². The van der Waals surface area contributed by atoms with E-state index in [1.54, 1.807) is 6.20 Å². The lowest BCUT2D eigenvalue weighted by atomic mass is 9.94. The van der Waals surface area contributed by atoms with Crippen molar-refractivity contribution in [1.29, 1.82) is 0 Å². The Hall–Kier alpha value is -0.480. The Kier molecular flexibility index (Phi) is 2.11. The summed E-state index contributed by atoms with van der Waals surface area (Å²) in [6.07, 6.45) is 4.52. The lowest BCUT2D eigenvalue weighted by Crippen LogP contribution is -2.29. The van der Waals surface area contributed by atoms with Crippen LogP contribution in [0.5, 0.6) is 0 Å². The van der Waals surface area contributed by atoms with Crippen molar-refractivity contribution < 1.29 is 9.52 Å². The number of hydrogen-bond donors (Lipinski definition) is 1. The van der Waals surface area contributed by atoms with Crippen LogP contribution in [0.4, 0.5) is 0 Å². The lowest BCUT2D eigenvalue weighted by Gasteiger charge is -2.28. The van der Waals surface area contributed by atoms with E-state index in [9.17, 15) is 5.11 Å². The Morgan fingerprint density at radius 1 is 1.50 bits per heavy atom. The van der Waals surface area contributed by atoms with Crippen molar-refractivity contribution >= 4 is 11.8 Å². The van der Waals surface area contributed by atoms with E-state index in [1.165, 1.54) is 6.39 Å². The molecule has 0 aliphatic carbocycles. The first-order valence-corrected chi connectivity index (χ1v) is 5.16. The first kappa shape index (κ1) is 8.13. The van der Waals surface area contributed by atoms with Crippen LogP contribution in [0.25, 0.3) is 0 Å². The van der Waals surface area contributed by atoms with Gasteiger partial charge < -0.3 is 9.52 Å². The van der Waals surface area contributed by atoms with Crippen LogP contribution in [0.15, 0.2) is 17.0 Å². The van der Waals surface area contributed by atoms with Crippen molar-refractivity contribution in [2.24, 2.45) is 0 Å². The SMILES string of the molecule is OC1(c2cnco2)CCSCC1. The third kappa shape index (κ3) is 1.36. The maximum Gasteiger partial charge on any atom is 0.181 e. The summed E-state index contributed by atoms with van der Waals surface area (Å²) >= 11 is 1.87. The van der Waals surface area contributed by atoms with Gasteiger partial charge in [-0.3, -0.25) is 0 Å². The Labute approximate surface area is 75.2 Å². The summed E-state index contributed by atoms with van der Waals surface area (Å²) in [5, 5.41) is 10.1. The first-order chi connectivity index (χ1) is 5.81. The highest BCUT2D eigenvalue weighted by Gasteiger charge is 2.34. The molecule has 2 rings (SSSR count). The predicted octanol–water partition coefficient (Wildman–Crippen LogP) is 1.39. The smallest absolute Gasteiger partial charge is 0.181 e. The lowest BCUT2D eigenvalue weighted by molar-refractivity contribution is 0.00664. The van der Waals surface area contributed by atoms with Gasteiger partial charge in [-0.1, -0.05) is 0 Å². The maximum atomic E-state index is 10.1. The predicted molar refractivity (Wildman–Crippen MR) is 47.0 cm³/mol. The topological polar surface area (TPSA) is 46.3 Å². The van der Waals surface area contributed by atoms with Gasteiger partial charge in [0.2, 0.25) is 0 Å². The van der Waals surface area contributed by atoms with Gasteiger partial charge >= 0.3 is 0 Å². The van der Waals surface area contributed by atoms with Gasteiger partial charge in [0.05, 0.1) is 6.20 Å². The number of hydrogen-bond acceptors (Lipinski definition) is 4. The van der Waals surface area contributed by atoms with Crippen molar-refractivity contribution in [2.45, 2.75) is 18.4 Å². The Morgan fingerprint density at radius 2 is 2.25 bits per heavy atom. The molecule has 4 heteroatoms. The Bertz CT molecular complexity index is 242. The fourth-order valence-corrected chi connectivity index (χ4v) is 2.57. The fraction of sp³-hybridized carbons (Fsp3) is 0.625. The molecule has 0 saturated carbocycles. The molecule has 1 aromatic heterocycles. The molecule has 0 atom stereocenters. The van der Waals surface area contributed by atoms with Gasteiger partial charge in [-0.25, -0.2) is 4.98 Å². The average Bonchev–Trinajstić information content (AvgIpc) is 2.58. The molecule has 1 aliphatic rings. The van der Waals surface area contributed by atoms with Crippen LogP contribution in [0, 0.1) is 0 Å². The number of thioether (sulfide) groups is 1. The van der Waals surface area contributed by atoms with E-state index in [0.717, 1.165) is 24.3 Å². The summed E-state index contributed by atoms with van der Waals surface area (Å²) in [6.45, 7) is 0. The zero-order valence-electron chi connectivity index (χ0n) is 6.69. The van der Waals surface area contributed by atoms with Crippen molar-refractivity contribution in [3.05, 3.63) is 18.4 Å². The van der Waals surface area contributed by atoms with Crippen LogP contribution in [0.3, 0.4) is 0 Å². The second-order valence-electron chi connectivity index (χ2n) is 3.01. The molecular weight excluding hydrogens is 174 g/mol. The maximum absolute atomic E-state index is 10.1. The second kappa shape index (κ2) is 3.11. The van der Waals surface area contributed by atoms with E-state index >= 15 is 0 Å². The molecule has 1 saturated heterocycles. The van der Waals surface area contributed by atoms with Crippen molar-refractivity contribution in [3.63, 3.8) is 0 Å². The third-order valence-electron chi connectivity index (χ3n) is 2.21. The molecule has 12 heavy (non-hydrogen) atoms. The Balaban J connectivity index is 2.19. The Morgan fingerprint density at radius 3 is 2.83 bits per heavy atom. The van der Waals surface area contributed by atoms with Crippen LogP contribution >= 0.6 is 11.8 Å². The standard InChI is InChI=1S/C8H11NO2S/c10-8(1-3-12-4-2-8)7-5-9-6-11-7/h5-6,10H,1-4H2. The summed E-state index contributed by atoms with van der Waals surface area (Å²) in [4.78, 5) is 3.81. The van der Waals surface area contributed by atoms with Gasteiger partial charge in [-0.2, -0.15) is 11.8 Å². The molecule has 3 nitrogen and oxygen atoms in total. The minimum atomic E-state index is -0.748. The molecule has 0 unspecified atom stereocenters. The molecule has 66 valence electrons. The normalized spacial score (nSPS) is 22.4. The highest BCUT2D eigenvalue weighted by atomic mass is 32.2. The van der Waals surface area contributed by atoms with E-state index in [2.05, 4.69) is 4.98 Å². The molecule has 0 radical (unpaired) electrons. The summed E-state index contributed by atoms with van der Waals surface area (Å²) in [5.74, 6) is 2.61. The van der Waals surface area contributed by atoms with Gasteiger partial charge in [0.1, 0.15) is 5.60 Å². The van der Waals surface area contributed by atoms with Crippen molar-refractivity contribution in [1.82, 2.24) is 4.98 Å². The van der Waals surface area contributed by atoms with Gasteiger partial charge in [-0.05, 0) is 24.3 Å². The number of aliphatic hydroxyl groups is 1. The average molecular weight is 185 g/mol. The third-order valence-corrected chi connectivity index (χ3v) is 3.20. The van der Waals surface area contributed by atoms with E-state index in [1.807, 2.05) is 11.8 Å². The summed E-state index contributed by atoms with van der Waals surface area (Å²) < 4.78 is 5.11. The first-order valence-electron chi connectivity index (χ1n) is 4.00. The zero-order chi connectivity index (χ0) is 8.44. The summed E-state index contributed by atoms with van der Waals surface area (Å²) in [6, 6.07) is 0. The van der Waals surface area contributed by atoms with E-state index in [-0.39, 0.29) is 0 Å². The fourth-order valence-electron chi connectivity index (χ4n) is 1.40. The minimum absolute atomic E-state index is 0.614. The minimum Gasteiger partial charge on any atom is -0.445 e. The molecular formula is C8H11NO2S. The highest BCUT2D eigenvalue weighted by Crippen LogP contribution is 2.35. The van der Waals surface area contributed by atoms with Crippen LogP contribution in [0.2, 0.25) is 0 Å². The van der Waals surface area contributed by atoms with Gasteiger partial charge in [0.15, 0.2) is 12.2 Å². The van der Waals surface area contributed by atoms with Gasteiger partial charge in [0, 0.05) is 0 Å². The van der Waals surface area contributed by atoms with Crippen molar-refractivity contribution in [2.75, 3.05) is 11.5 Å². The molecule has 0 amide bonds.